The summed E-state index contributed by atoms with van der Waals surface area (Å²) in [6, 6.07) is 4.41. The molecule has 0 aromatic heterocycles. The van der Waals surface area contributed by atoms with Gasteiger partial charge in [-0.15, -0.1) is 0 Å². The molecule has 0 bridgehead atoms. The first-order valence-corrected chi connectivity index (χ1v) is 6.84. The van der Waals surface area contributed by atoms with Crippen LogP contribution in [0, 0.1) is 12.7 Å². The summed E-state index contributed by atoms with van der Waals surface area (Å²) < 4.78 is 13.6. The Balaban J connectivity index is 2.24. The lowest BCUT2D eigenvalue weighted by Gasteiger charge is -2.28. The number of carbonyl (C=O) groups excluding carboxylic acids is 2. The summed E-state index contributed by atoms with van der Waals surface area (Å²) in [5.41, 5.74) is 5.98. The zero-order valence-corrected chi connectivity index (χ0v) is 11.6. The third kappa shape index (κ3) is 3.15. The molecule has 1 aromatic carbocycles. The van der Waals surface area contributed by atoms with Gasteiger partial charge in [0, 0.05) is 11.6 Å². The number of aryl methyl sites for hydroxylation is 1. The molecule has 20 heavy (non-hydrogen) atoms. The van der Waals surface area contributed by atoms with Gasteiger partial charge >= 0.3 is 0 Å². The van der Waals surface area contributed by atoms with Crippen LogP contribution in [0.1, 0.15) is 41.6 Å². The van der Waals surface area contributed by atoms with E-state index >= 15 is 0 Å². The minimum atomic E-state index is -0.544. The third-order valence-electron chi connectivity index (χ3n) is 3.77. The zero-order chi connectivity index (χ0) is 14.7. The second-order valence-corrected chi connectivity index (χ2v) is 5.30. The Morgan fingerprint density at radius 2 is 2.00 bits per heavy atom. The summed E-state index contributed by atoms with van der Waals surface area (Å²) >= 11 is 0. The highest BCUT2D eigenvalue weighted by molar-refractivity contribution is 5.96. The van der Waals surface area contributed by atoms with E-state index in [1.165, 1.54) is 11.0 Å². The fourth-order valence-corrected chi connectivity index (χ4v) is 2.64. The number of hydrogen-bond acceptors (Lipinski definition) is 2. The van der Waals surface area contributed by atoms with Crippen molar-refractivity contribution in [1.82, 2.24) is 4.90 Å². The number of carbonyl (C=O) groups is 2. The van der Waals surface area contributed by atoms with Gasteiger partial charge in [0.05, 0.1) is 6.54 Å². The predicted octanol–water partition coefficient (Wildman–Crippen LogP) is 2.00. The predicted molar refractivity (Wildman–Crippen MR) is 73.6 cm³/mol. The van der Waals surface area contributed by atoms with Gasteiger partial charge in [0.25, 0.3) is 5.91 Å². The minimum absolute atomic E-state index is 0.0272. The Morgan fingerprint density at radius 3 is 2.55 bits per heavy atom. The highest BCUT2D eigenvalue weighted by atomic mass is 19.1. The van der Waals surface area contributed by atoms with Crippen molar-refractivity contribution in [3.8, 4) is 0 Å². The quantitative estimate of drug-likeness (QED) is 0.915. The molecule has 1 aromatic rings. The maximum atomic E-state index is 13.6. The lowest BCUT2D eigenvalue weighted by molar-refractivity contribution is -0.119. The van der Waals surface area contributed by atoms with Gasteiger partial charge in [0.2, 0.25) is 5.91 Å². The van der Waals surface area contributed by atoms with Crippen molar-refractivity contribution in [2.75, 3.05) is 6.54 Å². The first-order valence-electron chi connectivity index (χ1n) is 6.84. The van der Waals surface area contributed by atoms with E-state index in [1.807, 2.05) is 0 Å². The Labute approximate surface area is 117 Å². The number of halogens is 1. The molecule has 5 heteroatoms. The van der Waals surface area contributed by atoms with E-state index in [0.717, 1.165) is 25.7 Å². The van der Waals surface area contributed by atoms with Crippen molar-refractivity contribution in [1.29, 1.82) is 0 Å². The highest BCUT2D eigenvalue weighted by Crippen LogP contribution is 2.25. The number of nitrogens with two attached hydrogens (primary N) is 1. The number of rotatable bonds is 4. The minimum Gasteiger partial charge on any atom is -0.368 e. The second kappa shape index (κ2) is 6.03. The molecule has 0 atom stereocenters. The summed E-state index contributed by atoms with van der Waals surface area (Å²) in [6.07, 6.45) is 3.81. The fourth-order valence-electron chi connectivity index (χ4n) is 2.64. The molecule has 4 nitrogen and oxygen atoms in total. The van der Waals surface area contributed by atoms with E-state index in [9.17, 15) is 14.0 Å². The van der Waals surface area contributed by atoms with Crippen LogP contribution in [0.3, 0.4) is 0 Å². The van der Waals surface area contributed by atoms with Crippen LogP contribution in [-0.2, 0) is 4.79 Å². The van der Waals surface area contributed by atoms with Crippen LogP contribution in [0.4, 0.5) is 4.39 Å². The van der Waals surface area contributed by atoms with Crippen molar-refractivity contribution >= 4 is 11.8 Å². The van der Waals surface area contributed by atoms with Crippen LogP contribution < -0.4 is 5.73 Å². The van der Waals surface area contributed by atoms with Crippen LogP contribution in [0.2, 0.25) is 0 Å². The number of nitrogens with zero attached hydrogens (tertiary/aromatic N) is 1. The molecule has 0 unspecified atom stereocenters. The van der Waals surface area contributed by atoms with Crippen molar-refractivity contribution < 1.29 is 14.0 Å². The molecular formula is C15H19FN2O2. The molecule has 2 amide bonds. The largest absolute Gasteiger partial charge is 0.368 e. The second-order valence-electron chi connectivity index (χ2n) is 5.30. The summed E-state index contributed by atoms with van der Waals surface area (Å²) in [7, 11) is 0. The van der Waals surface area contributed by atoms with Crippen LogP contribution >= 0.6 is 0 Å². The van der Waals surface area contributed by atoms with Crippen LogP contribution in [0.15, 0.2) is 18.2 Å². The van der Waals surface area contributed by atoms with Gasteiger partial charge in [-0.05, 0) is 37.5 Å². The average molecular weight is 278 g/mol. The van der Waals surface area contributed by atoms with E-state index in [4.69, 9.17) is 5.73 Å². The Bertz CT molecular complexity index is 525. The lowest BCUT2D eigenvalue weighted by atomic mass is 10.1. The summed E-state index contributed by atoms with van der Waals surface area (Å²) in [4.78, 5) is 25.1. The Morgan fingerprint density at radius 1 is 1.35 bits per heavy atom. The van der Waals surface area contributed by atoms with Gasteiger partial charge < -0.3 is 10.6 Å². The maximum Gasteiger partial charge on any atom is 0.254 e. The van der Waals surface area contributed by atoms with E-state index in [0.29, 0.717) is 5.56 Å². The van der Waals surface area contributed by atoms with Crippen molar-refractivity contribution in [2.24, 2.45) is 5.73 Å². The average Bonchev–Trinajstić information content (AvgIpc) is 2.92. The van der Waals surface area contributed by atoms with Crippen molar-refractivity contribution in [3.63, 3.8) is 0 Å². The molecule has 2 rings (SSSR count). The molecular weight excluding hydrogens is 259 g/mol. The topological polar surface area (TPSA) is 63.4 Å². The SMILES string of the molecule is Cc1ccc(C(=O)N(CC(N)=O)C2CCCC2)cc1F. The molecule has 1 saturated carbocycles. The van der Waals surface area contributed by atoms with Crippen LogP contribution in [0.5, 0.6) is 0 Å². The van der Waals surface area contributed by atoms with E-state index < -0.39 is 11.7 Å². The van der Waals surface area contributed by atoms with E-state index in [2.05, 4.69) is 0 Å². The monoisotopic (exact) mass is 278 g/mol. The highest BCUT2D eigenvalue weighted by Gasteiger charge is 2.28. The summed E-state index contributed by atoms with van der Waals surface area (Å²) in [6.45, 7) is 1.53. The molecule has 0 spiro atoms. The number of primary amides is 1. The smallest absolute Gasteiger partial charge is 0.254 e. The van der Waals surface area contributed by atoms with Gasteiger partial charge in [0.1, 0.15) is 5.82 Å². The molecule has 108 valence electrons. The number of benzene rings is 1. The fraction of sp³-hybridized carbons (Fsp3) is 0.467. The molecule has 1 aliphatic carbocycles. The third-order valence-corrected chi connectivity index (χ3v) is 3.77. The number of hydrogen-bond donors (Lipinski definition) is 1. The molecule has 0 radical (unpaired) electrons. The Kier molecular flexibility index (Phi) is 4.37. The van der Waals surface area contributed by atoms with E-state index in [-0.39, 0.29) is 24.1 Å². The summed E-state index contributed by atoms with van der Waals surface area (Å²) in [5, 5.41) is 0. The standard InChI is InChI=1S/C15H19FN2O2/c1-10-6-7-11(8-13(10)16)15(20)18(9-14(17)19)12-4-2-3-5-12/h6-8,12H,2-5,9H2,1H3,(H2,17,19). The maximum absolute atomic E-state index is 13.6. The molecule has 0 aliphatic heterocycles. The van der Waals surface area contributed by atoms with Crippen LogP contribution in [0.25, 0.3) is 0 Å². The lowest BCUT2D eigenvalue weighted by Crippen LogP contribution is -2.44. The normalized spacial score (nSPS) is 15.3. The summed E-state index contributed by atoms with van der Waals surface area (Å²) in [5.74, 6) is -1.28. The first-order chi connectivity index (χ1) is 9.49. The molecule has 1 fully saturated rings. The molecule has 0 saturated heterocycles. The number of amides is 2. The van der Waals surface area contributed by atoms with Gasteiger partial charge in [-0.2, -0.15) is 0 Å². The van der Waals surface area contributed by atoms with Crippen molar-refractivity contribution in [2.45, 2.75) is 38.6 Å². The molecule has 0 heterocycles. The van der Waals surface area contributed by atoms with E-state index in [1.54, 1.807) is 19.1 Å². The molecule has 2 N–H and O–H groups in total. The van der Waals surface area contributed by atoms with Gasteiger partial charge in [0.15, 0.2) is 0 Å². The van der Waals surface area contributed by atoms with Gasteiger partial charge in [-0.3, -0.25) is 9.59 Å². The Hall–Kier alpha value is -1.91. The zero-order valence-electron chi connectivity index (χ0n) is 11.6. The molecule has 1 aliphatic rings. The first kappa shape index (κ1) is 14.5. The van der Waals surface area contributed by atoms with Crippen LogP contribution in [-0.4, -0.2) is 29.3 Å². The van der Waals surface area contributed by atoms with Gasteiger partial charge in [-0.25, -0.2) is 4.39 Å². The van der Waals surface area contributed by atoms with Gasteiger partial charge in [-0.1, -0.05) is 18.9 Å². The van der Waals surface area contributed by atoms with Crippen molar-refractivity contribution in [3.05, 3.63) is 35.1 Å².